The van der Waals surface area contributed by atoms with E-state index in [2.05, 4.69) is 15.6 Å². The Morgan fingerprint density at radius 3 is 2.48 bits per heavy atom. The van der Waals surface area contributed by atoms with Crippen LogP contribution in [0.3, 0.4) is 0 Å². The number of aromatic nitrogens is 3. The molecular formula is C40H44N6O5Si. The first-order chi connectivity index (χ1) is 25.0. The molecule has 0 saturated carbocycles. The highest BCUT2D eigenvalue weighted by molar-refractivity contribution is 6.71. The first-order valence-corrected chi connectivity index (χ1v) is 20.7. The number of carbonyl (C=O) groups is 2. The highest BCUT2D eigenvalue weighted by Gasteiger charge is 2.66. The Labute approximate surface area is 304 Å². The number of nitrogen functional groups attached to an aromatic ring is 1. The number of hydrogen-bond donors (Lipinski definition) is 4. The van der Waals surface area contributed by atoms with Crippen LogP contribution in [0.1, 0.15) is 52.0 Å². The van der Waals surface area contributed by atoms with Gasteiger partial charge in [-0.05, 0) is 73.1 Å². The summed E-state index contributed by atoms with van der Waals surface area (Å²) in [5.74, 6) is -1.03. The third-order valence-electron chi connectivity index (χ3n) is 10.5. The van der Waals surface area contributed by atoms with Crippen molar-refractivity contribution < 1.29 is 24.2 Å². The molecule has 2 aliphatic heterocycles. The lowest BCUT2D eigenvalue weighted by molar-refractivity contribution is -0.146. The summed E-state index contributed by atoms with van der Waals surface area (Å²) in [5, 5.41) is 21.8. The number of hydrogen-bond acceptors (Lipinski definition) is 8. The molecule has 5 aromatic rings. The van der Waals surface area contributed by atoms with Crippen molar-refractivity contribution in [1.82, 2.24) is 15.0 Å². The Kier molecular flexibility index (Phi) is 9.57. The normalized spacial score (nSPS) is 21.8. The summed E-state index contributed by atoms with van der Waals surface area (Å²) in [4.78, 5) is 41.2. The number of aliphatic hydroxyl groups excluding tert-OH is 1. The van der Waals surface area contributed by atoms with Gasteiger partial charge in [0.05, 0.1) is 36.6 Å². The molecule has 7 rings (SSSR count). The Morgan fingerprint density at radius 2 is 1.75 bits per heavy atom. The number of benzene rings is 4. The van der Waals surface area contributed by atoms with Crippen LogP contribution in [0.4, 0.5) is 17.1 Å². The van der Waals surface area contributed by atoms with Gasteiger partial charge in [-0.15, -0.1) is 5.10 Å². The van der Waals surface area contributed by atoms with Crippen LogP contribution in [0.25, 0.3) is 0 Å². The molecule has 1 fully saturated rings. The second kappa shape index (κ2) is 14.1. The molecule has 4 aromatic carbocycles. The molecule has 0 aliphatic carbocycles. The molecule has 1 saturated heterocycles. The van der Waals surface area contributed by atoms with Crippen molar-refractivity contribution >= 4 is 37.2 Å². The zero-order valence-electron chi connectivity index (χ0n) is 29.5. The smallest absolute Gasteiger partial charge is 0.264 e. The number of carbonyl (C=O) groups excluding carboxylic acids is 2. The zero-order chi connectivity index (χ0) is 36.6. The molecule has 11 nitrogen and oxygen atoms in total. The van der Waals surface area contributed by atoms with E-state index in [1.165, 1.54) is 0 Å². The number of nitrogens with two attached hydrogens (primary N) is 1. The van der Waals surface area contributed by atoms with Gasteiger partial charge in [0.15, 0.2) is 13.9 Å². The van der Waals surface area contributed by atoms with Crippen molar-refractivity contribution in [3.05, 3.63) is 137 Å². The number of aliphatic hydroxyl groups is 1. The van der Waals surface area contributed by atoms with Gasteiger partial charge < -0.3 is 30.6 Å². The average molecular weight is 717 g/mol. The van der Waals surface area contributed by atoms with Crippen molar-refractivity contribution in [3.8, 4) is 0 Å². The summed E-state index contributed by atoms with van der Waals surface area (Å²) in [7, 11) is -2.87. The third-order valence-corrected chi connectivity index (χ3v) is 13.0. The van der Waals surface area contributed by atoms with E-state index >= 15 is 0 Å². The van der Waals surface area contributed by atoms with E-state index in [-0.39, 0.29) is 42.3 Å². The van der Waals surface area contributed by atoms with Gasteiger partial charge in [0.1, 0.15) is 0 Å². The van der Waals surface area contributed by atoms with Gasteiger partial charge >= 0.3 is 0 Å². The van der Waals surface area contributed by atoms with Gasteiger partial charge in [-0.25, -0.2) is 0 Å². The monoisotopic (exact) mass is 716 g/mol. The highest BCUT2D eigenvalue weighted by Crippen LogP contribution is 2.59. The molecule has 268 valence electrons. The first kappa shape index (κ1) is 35.3. The largest absolute Gasteiger partial charge is 0.432 e. The Balaban J connectivity index is 1.12. The minimum Gasteiger partial charge on any atom is -0.432 e. The maximum Gasteiger partial charge on any atom is 0.264 e. The molecule has 1 spiro atoms. The number of nitrogens with one attached hydrogen (secondary N) is 1. The van der Waals surface area contributed by atoms with Gasteiger partial charge in [0, 0.05) is 46.7 Å². The van der Waals surface area contributed by atoms with Crippen LogP contribution < -0.4 is 16.0 Å². The van der Waals surface area contributed by atoms with Crippen LogP contribution in [-0.4, -0.2) is 57.7 Å². The maximum atomic E-state index is 14.8. The van der Waals surface area contributed by atoms with Gasteiger partial charge in [-0.2, -0.15) is 0 Å². The van der Waals surface area contributed by atoms with E-state index in [9.17, 15) is 19.5 Å². The molecule has 0 bridgehead atoms. The number of para-hydroxylation sites is 1. The minimum atomic E-state index is -2.87. The minimum absolute atomic E-state index is 0.0958. The average Bonchev–Trinajstić information content (AvgIpc) is 3.79. The van der Waals surface area contributed by atoms with E-state index < -0.39 is 20.0 Å². The Morgan fingerprint density at radius 1 is 1.02 bits per heavy atom. The van der Waals surface area contributed by atoms with E-state index in [1.807, 2.05) is 105 Å². The second-order valence-corrected chi connectivity index (χ2v) is 18.4. The summed E-state index contributed by atoms with van der Waals surface area (Å²) in [6.07, 6.45) is 1.94. The third kappa shape index (κ3) is 6.54. The Bertz CT molecular complexity index is 2070. The van der Waals surface area contributed by atoms with Crippen LogP contribution in [0, 0.1) is 5.92 Å². The quantitative estimate of drug-likeness (QED) is 0.101. The number of anilines is 3. The highest BCUT2D eigenvalue weighted by atomic mass is 28.4. The molecule has 52 heavy (non-hydrogen) atoms. The predicted molar refractivity (Wildman–Crippen MR) is 202 cm³/mol. The summed E-state index contributed by atoms with van der Waals surface area (Å²) >= 11 is 0. The van der Waals surface area contributed by atoms with Crippen LogP contribution in [0.2, 0.25) is 18.6 Å². The number of ether oxygens (including phenoxy) is 1. The SMILES string of the molecule is C[C@H]1[C@H]([Si](C)(C)O)[C@@H](CCn2cc(C(CO)c3ccccc3)nn2)O[C@]12C(=O)N(Cc1cccc(NC(=O)c3ccc(N)cc3)c1)c1ccccc12. The molecule has 5 N–H and O–H groups in total. The van der Waals surface area contributed by atoms with Gasteiger partial charge in [0.2, 0.25) is 0 Å². The van der Waals surface area contributed by atoms with Gasteiger partial charge in [0.25, 0.3) is 11.8 Å². The maximum absolute atomic E-state index is 14.8. The van der Waals surface area contributed by atoms with Crippen molar-refractivity contribution in [2.24, 2.45) is 5.92 Å². The van der Waals surface area contributed by atoms with Crippen molar-refractivity contribution in [1.29, 1.82) is 0 Å². The lowest BCUT2D eigenvalue weighted by atomic mass is 9.82. The molecule has 1 aromatic heterocycles. The van der Waals surface area contributed by atoms with Crippen LogP contribution in [-0.2, 0) is 28.2 Å². The van der Waals surface area contributed by atoms with E-state index in [0.29, 0.717) is 35.6 Å². The van der Waals surface area contributed by atoms with Crippen molar-refractivity contribution in [3.63, 3.8) is 0 Å². The molecule has 1 unspecified atom stereocenters. The standard InChI is InChI=1S/C40H44N6O5Si/c1-26-37(52(2,3)50)36(20-21-45-24-34(43-44-45)32(25-47)28-11-5-4-6-12-28)51-40(26)33-14-7-8-15-35(33)46(39(40)49)23-27-10-9-13-31(22-27)42-38(48)29-16-18-30(41)19-17-29/h4-19,22,24,26,32,36-37,47,50H,20-21,23,25,41H2,1-3H3,(H,42,48)/t26-,32?,36+,37-,40+/m0/s1. The number of nitrogens with zero attached hydrogens (tertiary/aromatic N) is 4. The van der Waals surface area contributed by atoms with Gasteiger partial charge in [-0.1, -0.05) is 72.8 Å². The van der Waals surface area contributed by atoms with Crippen molar-refractivity contribution in [2.75, 3.05) is 22.6 Å². The summed E-state index contributed by atoms with van der Waals surface area (Å²) in [6.45, 7) is 6.49. The molecular weight excluding hydrogens is 673 g/mol. The first-order valence-electron chi connectivity index (χ1n) is 17.6. The van der Waals surface area contributed by atoms with E-state index in [0.717, 1.165) is 22.4 Å². The molecule has 0 radical (unpaired) electrons. The van der Waals surface area contributed by atoms with E-state index in [1.54, 1.807) is 33.8 Å². The molecule has 5 atom stereocenters. The zero-order valence-corrected chi connectivity index (χ0v) is 30.5. The van der Waals surface area contributed by atoms with Gasteiger partial charge in [-0.3, -0.25) is 14.3 Å². The van der Waals surface area contributed by atoms with Crippen molar-refractivity contribution in [2.45, 2.75) is 62.7 Å². The fourth-order valence-electron chi connectivity index (χ4n) is 8.12. The number of aryl methyl sites for hydroxylation is 1. The fraction of sp³-hybridized carbons (Fsp3) is 0.300. The topological polar surface area (TPSA) is 156 Å². The summed E-state index contributed by atoms with van der Waals surface area (Å²) in [6, 6.07) is 31.7. The molecule has 12 heteroatoms. The van der Waals surface area contributed by atoms with Crippen LogP contribution >= 0.6 is 0 Å². The summed E-state index contributed by atoms with van der Waals surface area (Å²) < 4.78 is 8.73. The van der Waals surface area contributed by atoms with Crippen LogP contribution in [0.5, 0.6) is 0 Å². The molecule has 2 amide bonds. The lowest BCUT2D eigenvalue weighted by Gasteiger charge is -2.32. The van der Waals surface area contributed by atoms with Crippen LogP contribution in [0.15, 0.2) is 109 Å². The second-order valence-electron chi connectivity index (χ2n) is 14.4. The lowest BCUT2D eigenvalue weighted by Crippen LogP contribution is -2.46. The fourth-order valence-corrected chi connectivity index (χ4v) is 10.7. The Hall–Kier alpha value is -5.14. The number of fused-ring (bicyclic) bond motifs is 2. The predicted octanol–water partition coefficient (Wildman–Crippen LogP) is 5.67. The number of amides is 2. The van der Waals surface area contributed by atoms with E-state index in [4.69, 9.17) is 10.5 Å². The molecule has 2 aliphatic rings. The molecule has 3 heterocycles. The summed E-state index contributed by atoms with van der Waals surface area (Å²) in [5.41, 5.74) is 9.97. The number of rotatable bonds is 11.